The second-order valence-electron chi connectivity index (χ2n) is 11.4. The molecule has 0 spiro atoms. The maximum Gasteiger partial charge on any atom is 0.275 e. The number of likely N-dealkylation sites (N-methyl/N-ethyl adjacent to an activating group) is 1. The molecule has 3 aromatic carbocycles. The molecule has 41 heavy (non-hydrogen) atoms. The molecule has 0 aliphatic carbocycles. The number of rotatable bonds is 10. The third-order valence-electron chi connectivity index (χ3n) is 7.26. The van der Waals surface area contributed by atoms with E-state index in [1.54, 1.807) is 10.9 Å². The molecule has 0 saturated carbocycles. The Morgan fingerprint density at radius 3 is 2.07 bits per heavy atom. The predicted octanol–water partition coefficient (Wildman–Crippen LogP) is 5.46. The molecule has 8 heteroatoms. The third kappa shape index (κ3) is 6.06. The zero-order valence-electron chi connectivity index (χ0n) is 24.3. The van der Waals surface area contributed by atoms with Gasteiger partial charge < -0.3 is 14.1 Å². The average molecular weight is 584 g/mol. The smallest absolute Gasteiger partial charge is 0.275 e. The number of ether oxygens (including phenoxy) is 1. The lowest BCUT2D eigenvalue weighted by Crippen LogP contribution is -2.66. The fourth-order valence-electron chi connectivity index (χ4n) is 5.21. The zero-order chi connectivity index (χ0) is 29.0. The van der Waals surface area contributed by atoms with E-state index < -0.39 is 8.32 Å². The molecule has 5 rings (SSSR count). The summed E-state index contributed by atoms with van der Waals surface area (Å²) in [5.41, 5.74) is 1.36. The van der Waals surface area contributed by atoms with Crippen LogP contribution in [0.2, 0.25) is 5.04 Å². The highest BCUT2D eigenvalue weighted by molar-refractivity contribution is 7.18. The van der Waals surface area contributed by atoms with Crippen LogP contribution in [-0.2, 0) is 11.0 Å². The van der Waals surface area contributed by atoms with E-state index in [1.807, 2.05) is 56.6 Å². The van der Waals surface area contributed by atoms with Crippen molar-refractivity contribution in [1.29, 1.82) is 0 Å². The molecule has 0 saturated heterocycles. The second-order valence-corrected chi connectivity index (χ2v) is 16.9. The van der Waals surface area contributed by atoms with Crippen LogP contribution in [0.15, 0.2) is 102 Å². The number of hydrogen-bond acceptors (Lipinski definition) is 6. The van der Waals surface area contributed by atoms with E-state index >= 15 is 0 Å². The summed E-state index contributed by atoms with van der Waals surface area (Å²) in [5, 5.41) is 2.34. The van der Waals surface area contributed by atoms with E-state index in [0.29, 0.717) is 23.4 Å². The van der Waals surface area contributed by atoms with Gasteiger partial charge in [0.05, 0.1) is 17.8 Å². The largest absolute Gasteiger partial charge is 0.492 e. The quantitative estimate of drug-likeness (QED) is 0.204. The molecule has 0 aliphatic heterocycles. The summed E-state index contributed by atoms with van der Waals surface area (Å²) in [4.78, 5) is 21.2. The summed E-state index contributed by atoms with van der Waals surface area (Å²) in [6, 6.07) is 30.7. The maximum absolute atomic E-state index is 13.5. The summed E-state index contributed by atoms with van der Waals surface area (Å²) in [7, 11) is 1.34. The number of fused-ring (bicyclic) bond motifs is 1. The molecule has 0 unspecified atom stereocenters. The van der Waals surface area contributed by atoms with E-state index in [1.165, 1.54) is 21.7 Å². The van der Waals surface area contributed by atoms with Crippen molar-refractivity contribution in [2.75, 3.05) is 27.2 Å². The van der Waals surface area contributed by atoms with Crippen LogP contribution in [0.1, 0.15) is 25.6 Å². The molecule has 0 bridgehead atoms. The summed E-state index contributed by atoms with van der Waals surface area (Å²) in [6.07, 6.45) is 1.60. The van der Waals surface area contributed by atoms with Gasteiger partial charge in [-0.15, -0.1) is 11.3 Å². The van der Waals surface area contributed by atoms with Gasteiger partial charge in [-0.05, 0) is 59.8 Å². The molecule has 0 amide bonds. The van der Waals surface area contributed by atoms with Crippen molar-refractivity contribution in [3.8, 4) is 11.4 Å². The lowest BCUT2D eigenvalue weighted by molar-refractivity contribution is 0.261. The van der Waals surface area contributed by atoms with Gasteiger partial charge in [0.2, 0.25) is 0 Å². The van der Waals surface area contributed by atoms with Gasteiger partial charge in [-0.1, -0.05) is 81.4 Å². The Bertz CT molecular complexity index is 1600. The van der Waals surface area contributed by atoms with Crippen LogP contribution in [0.4, 0.5) is 0 Å². The van der Waals surface area contributed by atoms with Gasteiger partial charge in [0, 0.05) is 11.4 Å². The Morgan fingerprint density at radius 1 is 0.902 bits per heavy atom. The minimum atomic E-state index is -2.69. The highest BCUT2D eigenvalue weighted by Gasteiger charge is 2.50. The van der Waals surface area contributed by atoms with Crippen LogP contribution in [0.25, 0.3) is 15.9 Å². The van der Waals surface area contributed by atoms with E-state index in [0.717, 1.165) is 22.9 Å². The Morgan fingerprint density at radius 2 is 1.51 bits per heavy atom. The van der Waals surface area contributed by atoms with Gasteiger partial charge in [-0.3, -0.25) is 9.36 Å². The van der Waals surface area contributed by atoms with Crippen molar-refractivity contribution in [2.24, 2.45) is 0 Å². The van der Waals surface area contributed by atoms with Crippen LogP contribution >= 0.6 is 11.3 Å². The van der Waals surface area contributed by atoms with Crippen LogP contribution in [0.3, 0.4) is 0 Å². The number of nitrogens with zero attached hydrogens (tertiary/aromatic N) is 3. The van der Waals surface area contributed by atoms with E-state index in [4.69, 9.17) is 9.16 Å². The highest BCUT2D eigenvalue weighted by Crippen LogP contribution is 2.38. The molecule has 2 heterocycles. The average Bonchev–Trinajstić information content (AvgIpc) is 3.39. The summed E-state index contributed by atoms with van der Waals surface area (Å²) in [6.45, 7) is 8.65. The Balaban J connectivity index is 1.44. The first-order valence-corrected chi connectivity index (χ1v) is 16.5. The Hall–Kier alpha value is -3.56. The van der Waals surface area contributed by atoms with E-state index in [9.17, 15) is 4.79 Å². The van der Waals surface area contributed by atoms with Crippen LogP contribution in [0, 0.1) is 0 Å². The minimum Gasteiger partial charge on any atom is -0.492 e. The number of benzene rings is 3. The molecular weight excluding hydrogens is 547 g/mol. The first-order chi connectivity index (χ1) is 19.7. The molecule has 5 aromatic rings. The number of hydrogen-bond donors (Lipinski definition) is 0. The molecular formula is C33H37N3O3SSi. The van der Waals surface area contributed by atoms with Crippen LogP contribution in [-0.4, -0.2) is 50.0 Å². The zero-order valence-corrected chi connectivity index (χ0v) is 26.2. The second kappa shape index (κ2) is 12.1. The van der Waals surface area contributed by atoms with Gasteiger partial charge in [-0.2, -0.15) is 0 Å². The summed E-state index contributed by atoms with van der Waals surface area (Å²) >= 11 is 1.46. The fraction of sp³-hybridized carbons (Fsp3) is 0.273. The van der Waals surface area contributed by atoms with Crippen LogP contribution < -0.4 is 20.7 Å². The van der Waals surface area contributed by atoms with E-state index in [-0.39, 0.29) is 10.6 Å². The molecule has 6 nitrogen and oxygen atoms in total. The molecule has 0 N–H and O–H groups in total. The fourth-order valence-corrected chi connectivity index (χ4v) is 10.8. The predicted molar refractivity (Wildman–Crippen MR) is 172 cm³/mol. The van der Waals surface area contributed by atoms with Gasteiger partial charge >= 0.3 is 0 Å². The SMILES string of the molecule is CN(C)CCOc1ccc(-n2cnc3cc(CO[Si](c4ccccc4)(c4ccccc4)C(C)(C)C)sc3c2=O)cc1. The molecule has 0 atom stereocenters. The lowest BCUT2D eigenvalue weighted by Gasteiger charge is -2.43. The van der Waals surface area contributed by atoms with Crippen molar-refractivity contribution < 1.29 is 9.16 Å². The van der Waals surface area contributed by atoms with Crippen LogP contribution in [0.5, 0.6) is 5.75 Å². The van der Waals surface area contributed by atoms with Gasteiger partial charge in [-0.25, -0.2) is 4.98 Å². The molecule has 212 valence electrons. The third-order valence-corrected chi connectivity index (χ3v) is 13.3. The molecule has 0 radical (unpaired) electrons. The van der Waals surface area contributed by atoms with Gasteiger partial charge in [0.15, 0.2) is 0 Å². The van der Waals surface area contributed by atoms with Crippen molar-refractivity contribution >= 4 is 40.2 Å². The van der Waals surface area contributed by atoms with Crippen molar-refractivity contribution in [3.63, 3.8) is 0 Å². The van der Waals surface area contributed by atoms with Gasteiger partial charge in [0.1, 0.15) is 23.4 Å². The molecule has 2 aromatic heterocycles. The van der Waals surface area contributed by atoms with Crippen molar-refractivity contribution in [2.45, 2.75) is 32.4 Å². The topological polar surface area (TPSA) is 56.6 Å². The Kier molecular flexibility index (Phi) is 8.56. The molecule has 0 fully saturated rings. The standard InChI is InChI=1S/C33H37N3O3SSi/c1-33(2,3)41(28-12-8-6-9-13-28,29-14-10-7-11-15-29)39-23-27-22-30-31(40-27)32(37)36(24-34-30)25-16-18-26(19-17-25)38-21-20-35(4)5/h6-19,22,24H,20-21,23H2,1-5H3. The Labute approximate surface area is 247 Å². The number of thiophene rings is 1. The highest BCUT2D eigenvalue weighted by atomic mass is 32.1. The van der Waals surface area contributed by atoms with E-state index in [2.05, 4.69) is 79.2 Å². The minimum absolute atomic E-state index is 0.0852. The first kappa shape index (κ1) is 28.9. The van der Waals surface area contributed by atoms with Crippen molar-refractivity contribution in [3.05, 3.63) is 113 Å². The van der Waals surface area contributed by atoms with Crippen molar-refractivity contribution in [1.82, 2.24) is 14.5 Å². The summed E-state index contributed by atoms with van der Waals surface area (Å²) < 4.78 is 15.1. The lowest BCUT2D eigenvalue weighted by atomic mass is 10.2. The monoisotopic (exact) mass is 583 g/mol. The molecule has 0 aliphatic rings. The number of aromatic nitrogens is 2. The van der Waals surface area contributed by atoms with Gasteiger partial charge in [0.25, 0.3) is 13.9 Å². The summed E-state index contributed by atoms with van der Waals surface area (Å²) in [5.74, 6) is 0.775. The maximum atomic E-state index is 13.5. The normalized spacial score (nSPS) is 12.2. The first-order valence-electron chi connectivity index (χ1n) is 13.8.